The van der Waals surface area contributed by atoms with E-state index in [1.54, 1.807) is 0 Å². The van der Waals surface area contributed by atoms with Crippen LogP contribution in [0.25, 0.3) is 0 Å². The molecule has 20 heavy (non-hydrogen) atoms. The first-order valence-electron chi connectivity index (χ1n) is 6.95. The lowest BCUT2D eigenvalue weighted by atomic mass is 10.1. The van der Waals surface area contributed by atoms with Gasteiger partial charge in [-0.25, -0.2) is 8.78 Å². The van der Waals surface area contributed by atoms with E-state index in [9.17, 15) is 13.9 Å². The predicted molar refractivity (Wildman–Crippen MR) is 78.9 cm³/mol. The molecule has 0 aliphatic heterocycles. The highest BCUT2D eigenvalue weighted by Crippen LogP contribution is 2.39. The van der Waals surface area contributed by atoms with Gasteiger partial charge in [0, 0.05) is 17.8 Å². The van der Waals surface area contributed by atoms with Crippen LogP contribution >= 0.6 is 11.8 Å². The monoisotopic (exact) mass is 301 g/mol. The lowest BCUT2D eigenvalue weighted by Gasteiger charge is -2.27. The molecule has 0 heterocycles. The number of hydrogen-bond acceptors (Lipinski definition) is 3. The summed E-state index contributed by atoms with van der Waals surface area (Å²) in [7, 11) is 0. The molecule has 1 aromatic rings. The topological polar surface area (TPSA) is 32.3 Å². The van der Waals surface area contributed by atoms with Crippen molar-refractivity contribution in [2.24, 2.45) is 0 Å². The van der Waals surface area contributed by atoms with E-state index in [4.69, 9.17) is 0 Å². The van der Waals surface area contributed by atoms with Gasteiger partial charge >= 0.3 is 0 Å². The average molecular weight is 301 g/mol. The van der Waals surface area contributed by atoms with E-state index >= 15 is 0 Å². The minimum Gasteiger partial charge on any atom is -0.387 e. The van der Waals surface area contributed by atoms with Gasteiger partial charge in [0.05, 0.1) is 6.10 Å². The summed E-state index contributed by atoms with van der Waals surface area (Å²) in [5.41, 5.74) is 0.404. The van der Waals surface area contributed by atoms with Crippen LogP contribution in [0.15, 0.2) is 18.2 Å². The molecule has 0 bridgehead atoms. The summed E-state index contributed by atoms with van der Waals surface area (Å²) in [6.07, 6.45) is 6.22. The molecule has 1 aliphatic carbocycles. The maximum Gasteiger partial charge on any atom is 0.159 e. The lowest BCUT2D eigenvalue weighted by molar-refractivity contribution is 0.173. The molecule has 1 atom stereocenters. The smallest absolute Gasteiger partial charge is 0.159 e. The molecule has 0 spiro atoms. The Kier molecular flexibility index (Phi) is 5.41. The zero-order chi connectivity index (χ0) is 14.6. The standard InChI is InChI=1S/C15H21F2NOS/c1-20-15(6-2-3-7-15)10-18-9-14(19)11-4-5-12(16)13(17)8-11/h4-5,8,14,18-19H,2-3,6-7,9-10H2,1H3. The van der Waals surface area contributed by atoms with Crippen molar-refractivity contribution >= 4 is 11.8 Å². The van der Waals surface area contributed by atoms with E-state index < -0.39 is 17.7 Å². The molecule has 1 fully saturated rings. The summed E-state index contributed by atoms with van der Waals surface area (Å²) in [6, 6.07) is 3.53. The Bertz CT molecular complexity index is 449. The number of halogens is 2. The van der Waals surface area contributed by atoms with Crippen LogP contribution in [0.4, 0.5) is 8.78 Å². The van der Waals surface area contributed by atoms with E-state index in [2.05, 4.69) is 11.6 Å². The van der Waals surface area contributed by atoms with Crippen molar-refractivity contribution in [2.45, 2.75) is 36.5 Å². The first kappa shape index (κ1) is 15.7. The van der Waals surface area contributed by atoms with Crippen molar-refractivity contribution in [3.63, 3.8) is 0 Å². The quantitative estimate of drug-likeness (QED) is 0.846. The summed E-state index contributed by atoms with van der Waals surface area (Å²) >= 11 is 1.88. The number of aliphatic hydroxyl groups is 1. The van der Waals surface area contributed by atoms with Crippen LogP contribution in [0.3, 0.4) is 0 Å². The Balaban J connectivity index is 1.85. The molecule has 2 rings (SSSR count). The fraction of sp³-hybridized carbons (Fsp3) is 0.600. The first-order chi connectivity index (χ1) is 9.56. The Morgan fingerprint density at radius 2 is 2.00 bits per heavy atom. The second kappa shape index (κ2) is 6.87. The predicted octanol–water partition coefficient (Wildman–Crippen LogP) is 3.26. The second-order valence-electron chi connectivity index (χ2n) is 5.41. The number of hydrogen-bond donors (Lipinski definition) is 2. The maximum atomic E-state index is 13.1. The van der Waals surface area contributed by atoms with Crippen molar-refractivity contribution in [1.82, 2.24) is 5.32 Å². The van der Waals surface area contributed by atoms with Gasteiger partial charge in [0.1, 0.15) is 0 Å². The maximum absolute atomic E-state index is 13.1. The van der Waals surface area contributed by atoms with Crippen LogP contribution in [0.2, 0.25) is 0 Å². The van der Waals surface area contributed by atoms with Gasteiger partial charge in [0.15, 0.2) is 11.6 Å². The number of nitrogens with one attached hydrogen (secondary N) is 1. The highest BCUT2D eigenvalue weighted by molar-refractivity contribution is 8.00. The molecule has 0 aromatic heterocycles. The molecule has 5 heteroatoms. The zero-order valence-electron chi connectivity index (χ0n) is 11.7. The second-order valence-corrected chi connectivity index (χ2v) is 6.69. The Morgan fingerprint density at radius 1 is 1.30 bits per heavy atom. The Labute approximate surface area is 123 Å². The molecule has 2 nitrogen and oxygen atoms in total. The van der Waals surface area contributed by atoms with E-state index in [1.807, 2.05) is 11.8 Å². The lowest BCUT2D eigenvalue weighted by Crippen LogP contribution is -2.37. The highest BCUT2D eigenvalue weighted by Gasteiger charge is 2.32. The van der Waals surface area contributed by atoms with Crippen LogP contribution in [-0.4, -0.2) is 29.2 Å². The minimum atomic E-state index is -0.919. The largest absolute Gasteiger partial charge is 0.387 e. The van der Waals surface area contributed by atoms with Gasteiger partial charge in [-0.15, -0.1) is 0 Å². The third-order valence-electron chi connectivity index (χ3n) is 4.06. The molecule has 0 radical (unpaired) electrons. The van der Waals surface area contributed by atoms with E-state index in [1.165, 1.54) is 31.7 Å². The van der Waals surface area contributed by atoms with E-state index in [0.717, 1.165) is 18.7 Å². The normalized spacial score (nSPS) is 19.2. The van der Waals surface area contributed by atoms with Crippen LogP contribution in [0.5, 0.6) is 0 Å². The molecule has 1 aliphatic rings. The summed E-state index contributed by atoms with van der Waals surface area (Å²) in [5.74, 6) is -1.81. The average Bonchev–Trinajstić information content (AvgIpc) is 2.91. The molecule has 0 amide bonds. The zero-order valence-corrected chi connectivity index (χ0v) is 12.5. The molecule has 1 aromatic carbocycles. The summed E-state index contributed by atoms with van der Waals surface area (Å²) in [6.45, 7) is 1.20. The van der Waals surface area contributed by atoms with Gasteiger partial charge < -0.3 is 10.4 Å². The van der Waals surface area contributed by atoms with Gasteiger partial charge in [-0.3, -0.25) is 0 Å². The van der Waals surface area contributed by atoms with E-state index in [0.29, 0.717) is 12.1 Å². The SMILES string of the molecule is CSC1(CNCC(O)c2ccc(F)c(F)c2)CCCC1. The van der Waals surface area contributed by atoms with E-state index in [-0.39, 0.29) is 4.75 Å². The number of thioether (sulfide) groups is 1. The molecule has 1 unspecified atom stereocenters. The third kappa shape index (κ3) is 3.71. The number of aliphatic hydroxyl groups excluding tert-OH is 1. The molecule has 1 saturated carbocycles. The Morgan fingerprint density at radius 3 is 2.60 bits per heavy atom. The molecule has 0 saturated heterocycles. The van der Waals surface area contributed by atoms with Crippen molar-refractivity contribution in [3.8, 4) is 0 Å². The van der Waals surface area contributed by atoms with Crippen molar-refractivity contribution in [3.05, 3.63) is 35.4 Å². The fourth-order valence-corrected chi connectivity index (χ4v) is 3.69. The minimum absolute atomic E-state index is 0.272. The molecular weight excluding hydrogens is 280 g/mol. The van der Waals surface area contributed by atoms with Crippen LogP contribution in [0.1, 0.15) is 37.4 Å². The van der Waals surface area contributed by atoms with Crippen molar-refractivity contribution < 1.29 is 13.9 Å². The summed E-state index contributed by atoms with van der Waals surface area (Å²) in [4.78, 5) is 0. The highest BCUT2D eigenvalue weighted by atomic mass is 32.2. The van der Waals surface area contributed by atoms with Gasteiger partial charge in [-0.2, -0.15) is 11.8 Å². The summed E-state index contributed by atoms with van der Waals surface area (Å²) < 4.78 is 26.2. The summed E-state index contributed by atoms with van der Waals surface area (Å²) in [5, 5.41) is 13.3. The van der Waals surface area contributed by atoms with Crippen molar-refractivity contribution in [1.29, 1.82) is 0 Å². The number of rotatable bonds is 6. The van der Waals surface area contributed by atoms with Gasteiger partial charge in [0.25, 0.3) is 0 Å². The first-order valence-corrected chi connectivity index (χ1v) is 8.18. The number of benzene rings is 1. The van der Waals surface area contributed by atoms with Crippen molar-refractivity contribution in [2.75, 3.05) is 19.3 Å². The molecular formula is C15H21F2NOS. The Hall–Kier alpha value is -0.650. The third-order valence-corrected chi connectivity index (χ3v) is 5.48. The molecule has 2 N–H and O–H groups in total. The van der Waals surface area contributed by atoms with Crippen LogP contribution in [-0.2, 0) is 0 Å². The van der Waals surface area contributed by atoms with Crippen LogP contribution in [0, 0.1) is 11.6 Å². The van der Waals surface area contributed by atoms with Gasteiger partial charge in [0.2, 0.25) is 0 Å². The van der Waals surface area contributed by atoms with Crippen LogP contribution < -0.4 is 5.32 Å². The fourth-order valence-electron chi connectivity index (χ4n) is 2.75. The molecule has 112 valence electrons. The van der Waals surface area contributed by atoms with Gasteiger partial charge in [-0.1, -0.05) is 18.9 Å². The van der Waals surface area contributed by atoms with Gasteiger partial charge in [-0.05, 0) is 36.8 Å².